The van der Waals surface area contributed by atoms with Gasteiger partial charge in [0.1, 0.15) is 6.04 Å². The second-order valence-electron chi connectivity index (χ2n) is 6.27. The second-order valence-corrected chi connectivity index (χ2v) is 6.71. The van der Waals surface area contributed by atoms with E-state index in [4.69, 9.17) is 16.0 Å². The zero-order valence-corrected chi connectivity index (χ0v) is 15.3. The summed E-state index contributed by atoms with van der Waals surface area (Å²) in [5.41, 5.74) is 1.91. The predicted molar refractivity (Wildman–Crippen MR) is 106 cm³/mol. The van der Waals surface area contributed by atoms with Gasteiger partial charge in [-0.15, -0.1) is 10.2 Å². The van der Waals surface area contributed by atoms with Crippen molar-refractivity contribution in [2.45, 2.75) is 13.0 Å². The molecule has 0 amide bonds. The molecule has 0 N–H and O–H groups in total. The van der Waals surface area contributed by atoms with Gasteiger partial charge in [-0.25, -0.2) is 0 Å². The first kappa shape index (κ1) is 16.6. The molecule has 1 atom stereocenters. The third kappa shape index (κ3) is 3.16. The molecule has 0 unspecified atom stereocenters. The SMILES string of the molecule is C[C@H](c1nnc(-c2cccc(Cl)c2)o1)N(C)c1ccc2ccccc2c1. The van der Waals surface area contributed by atoms with Crippen LogP contribution in [-0.2, 0) is 0 Å². The fourth-order valence-electron chi connectivity index (χ4n) is 2.93. The molecule has 26 heavy (non-hydrogen) atoms. The number of rotatable bonds is 4. The number of nitrogens with zero attached hydrogens (tertiary/aromatic N) is 3. The molecule has 0 bridgehead atoms. The number of halogens is 1. The molecule has 4 nitrogen and oxygen atoms in total. The highest BCUT2D eigenvalue weighted by Gasteiger charge is 2.20. The van der Waals surface area contributed by atoms with Crippen molar-refractivity contribution < 1.29 is 4.42 Å². The standard InChI is InChI=1S/C21H18ClN3O/c1-14(20-23-24-21(26-20)17-8-5-9-18(22)12-17)25(2)19-11-10-15-6-3-4-7-16(15)13-19/h3-14H,1-2H3/t14-/m1/s1. The Morgan fingerprint density at radius 2 is 1.73 bits per heavy atom. The summed E-state index contributed by atoms with van der Waals surface area (Å²) >= 11 is 6.04. The van der Waals surface area contributed by atoms with Gasteiger partial charge >= 0.3 is 0 Å². The number of aromatic nitrogens is 2. The number of fused-ring (bicyclic) bond motifs is 1. The van der Waals surface area contributed by atoms with Crippen molar-refractivity contribution in [3.05, 3.63) is 77.6 Å². The van der Waals surface area contributed by atoms with Crippen LogP contribution in [0.15, 0.2) is 71.1 Å². The van der Waals surface area contributed by atoms with Gasteiger partial charge in [0.2, 0.25) is 11.8 Å². The molecule has 0 fully saturated rings. The monoisotopic (exact) mass is 363 g/mol. The van der Waals surface area contributed by atoms with Crippen LogP contribution >= 0.6 is 11.6 Å². The minimum atomic E-state index is -0.0587. The van der Waals surface area contributed by atoms with Crippen molar-refractivity contribution in [3.63, 3.8) is 0 Å². The molecule has 0 aliphatic heterocycles. The summed E-state index contributed by atoms with van der Waals surface area (Å²) in [5.74, 6) is 1.04. The van der Waals surface area contributed by atoms with E-state index in [2.05, 4.69) is 45.4 Å². The lowest BCUT2D eigenvalue weighted by atomic mass is 10.1. The van der Waals surface area contributed by atoms with Gasteiger partial charge in [0.15, 0.2) is 0 Å². The van der Waals surface area contributed by atoms with Gasteiger partial charge in [-0.1, -0.05) is 48.0 Å². The van der Waals surface area contributed by atoms with Gasteiger partial charge in [0.05, 0.1) is 0 Å². The van der Waals surface area contributed by atoms with E-state index in [0.717, 1.165) is 11.3 Å². The average Bonchev–Trinajstić information content (AvgIpc) is 3.16. The summed E-state index contributed by atoms with van der Waals surface area (Å²) in [6, 6.07) is 22.1. The Labute approximate surface area is 157 Å². The van der Waals surface area contributed by atoms with Crippen LogP contribution in [0, 0.1) is 0 Å². The van der Waals surface area contributed by atoms with Crippen LogP contribution in [0.4, 0.5) is 5.69 Å². The minimum Gasteiger partial charge on any atom is -0.418 e. The summed E-state index contributed by atoms with van der Waals surface area (Å²) in [7, 11) is 2.03. The molecule has 0 saturated carbocycles. The van der Waals surface area contributed by atoms with E-state index in [9.17, 15) is 0 Å². The Balaban J connectivity index is 1.61. The van der Waals surface area contributed by atoms with Gasteiger partial charge in [0.25, 0.3) is 0 Å². The molecule has 0 saturated heterocycles. The van der Waals surface area contributed by atoms with Gasteiger partial charge < -0.3 is 9.32 Å². The summed E-state index contributed by atoms with van der Waals surface area (Å²) in [6.45, 7) is 2.05. The molecule has 4 aromatic rings. The third-order valence-corrected chi connectivity index (χ3v) is 4.83. The van der Waals surface area contributed by atoms with Crippen LogP contribution in [-0.4, -0.2) is 17.2 Å². The van der Waals surface area contributed by atoms with Crippen LogP contribution < -0.4 is 4.90 Å². The molecule has 4 rings (SSSR count). The Bertz CT molecular complexity index is 1060. The lowest BCUT2D eigenvalue weighted by Gasteiger charge is -2.24. The van der Waals surface area contributed by atoms with Gasteiger partial charge in [0, 0.05) is 23.3 Å². The van der Waals surface area contributed by atoms with E-state index in [-0.39, 0.29) is 6.04 Å². The van der Waals surface area contributed by atoms with Gasteiger partial charge in [-0.05, 0) is 48.0 Å². The first-order chi connectivity index (χ1) is 12.6. The van der Waals surface area contributed by atoms with Crippen molar-refractivity contribution in [2.24, 2.45) is 0 Å². The van der Waals surface area contributed by atoms with E-state index in [1.54, 1.807) is 0 Å². The van der Waals surface area contributed by atoms with Gasteiger partial charge in [-0.3, -0.25) is 0 Å². The third-order valence-electron chi connectivity index (χ3n) is 4.59. The highest BCUT2D eigenvalue weighted by molar-refractivity contribution is 6.30. The molecule has 0 aliphatic rings. The lowest BCUT2D eigenvalue weighted by molar-refractivity contribution is 0.464. The summed E-state index contributed by atoms with van der Waals surface area (Å²) < 4.78 is 5.89. The van der Waals surface area contributed by atoms with E-state index in [0.29, 0.717) is 16.8 Å². The molecular formula is C21H18ClN3O. The molecule has 1 aromatic heterocycles. The van der Waals surface area contributed by atoms with E-state index < -0.39 is 0 Å². The zero-order chi connectivity index (χ0) is 18.1. The maximum Gasteiger partial charge on any atom is 0.247 e. The fourth-order valence-corrected chi connectivity index (χ4v) is 3.12. The van der Waals surface area contributed by atoms with Crippen LogP contribution in [0.3, 0.4) is 0 Å². The number of hydrogen-bond donors (Lipinski definition) is 0. The zero-order valence-electron chi connectivity index (χ0n) is 14.6. The highest BCUT2D eigenvalue weighted by Crippen LogP contribution is 2.29. The molecule has 0 radical (unpaired) electrons. The highest BCUT2D eigenvalue weighted by atomic mass is 35.5. The normalized spacial score (nSPS) is 12.3. The van der Waals surface area contributed by atoms with Crippen molar-refractivity contribution in [2.75, 3.05) is 11.9 Å². The summed E-state index contributed by atoms with van der Waals surface area (Å²) in [5, 5.41) is 11.5. The second kappa shape index (κ2) is 6.81. The van der Waals surface area contributed by atoms with Crippen molar-refractivity contribution >= 4 is 28.1 Å². The average molecular weight is 364 g/mol. The number of anilines is 1. The van der Waals surface area contributed by atoms with Gasteiger partial charge in [-0.2, -0.15) is 0 Å². The van der Waals surface area contributed by atoms with Crippen molar-refractivity contribution in [3.8, 4) is 11.5 Å². The first-order valence-corrected chi connectivity index (χ1v) is 8.80. The largest absolute Gasteiger partial charge is 0.418 e. The van der Waals surface area contributed by atoms with Crippen molar-refractivity contribution in [1.82, 2.24) is 10.2 Å². The number of hydrogen-bond acceptors (Lipinski definition) is 4. The predicted octanol–water partition coefficient (Wildman–Crippen LogP) is 5.74. The quantitative estimate of drug-likeness (QED) is 0.463. The lowest BCUT2D eigenvalue weighted by Crippen LogP contribution is -2.21. The molecular weight excluding hydrogens is 346 g/mol. The minimum absolute atomic E-state index is 0.0587. The van der Waals surface area contributed by atoms with E-state index in [1.165, 1.54) is 10.8 Å². The van der Waals surface area contributed by atoms with Crippen molar-refractivity contribution in [1.29, 1.82) is 0 Å². The van der Waals surface area contributed by atoms with E-state index >= 15 is 0 Å². The Hall–Kier alpha value is -2.85. The maximum atomic E-state index is 6.04. The molecule has 3 aromatic carbocycles. The molecule has 1 heterocycles. The number of benzene rings is 3. The van der Waals surface area contributed by atoms with Crippen LogP contribution in [0.1, 0.15) is 18.9 Å². The Morgan fingerprint density at radius 3 is 2.54 bits per heavy atom. The van der Waals surface area contributed by atoms with Crippen LogP contribution in [0.25, 0.3) is 22.2 Å². The smallest absolute Gasteiger partial charge is 0.247 e. The molecule has 0 aliphatic carbocycles. The summed E-state index contributed by atoms with van der Waals surface area (Å²) in [6.07, 6.45) is 0. The maximum absolute atomic E-state index is 6.04. The van der Waals surface area contributed by atoms with E-state index in [1.807, 2.05) is 50.4 Å². The first-order valence-electron chi connectivity index (χ1n) is 8.43. The Morgan fingerprint density at radius 1 is 0.923 bits per heavy atom. The topological polar surface area (TPSA) is 42.2 Å². The summed E-state index contributed by atoms with van der Waals surface area (Å²) in [4.78, 5) is 2.13. The van der Waals surface area contributed by atoms with Crippen LogP contribution in [0.5, 0.6) is 0 Å². The van der Waals surface area contributed by atoms with Crippen LogP contribution in [0.2, 0.25) is 5.02 Å². The Kier molecular flexibility index (Phi) is 4.35. The molecule has 5 heteroatoms. The molecule has 130 valence electrons. The fraction of sp³-hybridized carbons (Fsp3) is 0.143. The molecule has 0 spiro atoms.